The van der Waals surface area contributed by atoms with Crippen LogP contribution < -0.4 is 5.73 Å². The van der Waals surface area contributed by atoms with Gasteiger partial charge in [-0.05, 0) is 17.7 Å². The Labute approximate surface area is 80.5 Å². The van der Waals surface area contributed by atoms with Gasteiger partial charge in [-0.25, -0.2) is 9.86 Å². The van der Waals surface area contributed by atoms with Crippen molar-refractivity contribution in [3.8, 4) is 0 Å². The maximum Gasteiger partial charge on any atom is 0.338 e. The van der Waals surface area contributed by atoms with Crippen LogP contribution >= 0.6 is 11.6 Å². The predicted molar refractivity (Wildman–Crippen MR) is 48.4 cm³/mol. The van der Waals surface area contributed by atoms with Crippen LogP contribution in [0.5, 0.6) is 0 Å². The number of rotatable bonds is 2. The van der Waals surface area contributed by atoms with E-state index in [4.69, 9.17) is 22.5 Å². The SMILES string of the molecule is NC(=O)N(O)Cc1cccc(Cl)c1. The van der Waals surface area contributed by atoms with Gasteiger partial charge >= 0.3 is 6.03 Å². The summed E-state index contributed by atoms with van der Waals surface area (Å²) in [5.41, 5.74) is 5.54. The highest BCUT2D eigenvalue weighted by atomic mass is 35.5. The van der Waals surface area contributed by atoms with Gasteiger partial charge in [0.05, 0.1) is 6.54 Å². The first-order chi connectivity index (χ1) is 6.09. The lowest BCUT2D eigenvalue weighted by Gasteiger charge is -2.11. The molecule has 1 aromatic rings. The van der Waals surface area contributed by atoms with E-state index in [1.165, 1.54) is 0 Å². The highest BCUT2D eigenvalue weighted by Crippen LogP contribution is 2.11. The molecule has 0 atom stereocenters. The molecule has 3 N–H and O–H groups in total. The Morgan fingerprint density at radius 3 is 2.85 bits per heavy atom. The monoisotopic (exact) mass is 200 g/mol. The largest absolute Gasteiger partial charge is 0.350 e. The zero-order valence-corrected chi connectivity index (χ0v) is 7.53. The fourth-order valence-electron chi connectivity index (χ4n) is 0.886. The first-order valence-electron chi connectivity index (χ1n) is 3.60. The third-order valence-corrected chi connectivity index (χ3v) is 1.71. The molecular formula is C8H9ClN2O2. The molecule has 70 valence electrons. The maximum absolute atomic E-state index is 10.5. The molecule has 0 heterocycles. The van der Waals surface area contributed by atoms with E-state index >= 15 is 0 Å². The molecule has 4 nitrogen and oxygen atoms in total. The minimum Gasteiger partial charge on any atom is -0.350 e. The third-order valence-electron chi connectivity index (χ3n) is 1.48. The Hall–Kier alpha value is -1.26. The number of hydrogen-bond acceptors (Lipinski definition) is 2. The van der Waals surface area contributed by atoms with Crippen LogP contribution in [0.2, 0.25) is 5.02 Å². The quantitative estimate of drug-likeness (QED) is 0.563. The van der Waals surface area contributed by atoms with Gasteiger partial charge in [0.15, 0.2) is 0 Å². The van der Waals surface area contributed by atoms with E-state index in [1.807, 2.05) is 0 Å². The van der Waals surface area contributed by atoms with Crippen molar-refractivity contribution in [2.24, 2.45) is 5.73 Å². The van der Waals surface area contributed by atoms with Gasteiger partial charge < -0.3 is 5.73 Å². The van der Waals surface area contributed by atoms with Gasteiger partial charge in [0, 0.05) is 5.02 Å². The molecule has 13 heavy (non-hydrogen) atoms. The molecule has 0 aliphatic heterocycles. The number of carbonyl (C=O) groups excluding carboxylic acids is 1. The van der Waals surface area contributed by atoms with E-state index in [0.717, 1.165) is 0 Å². The normalized spacial score (nSPS) is 9.69. The standard InChI is InChI=1S/C8H9ClN2O2/c9-7-3-1-2-6(4-7)5-11(13)8(10)12/h1-4,13H,5H2,(H2,10,12). The van der Waals surface area contributed by atoms with Gasteiger partial charge in [0.2, 0.25) is 0 Å². The molecule has 0 fully saturated rings. The number of hydroxylamine groups is 2. The second-order valence-electron chi connectivity index (χ2n) is 2.53. The lowest BCUT2D eigenvalue weighted by molar-refractivity contribution is -0.0470. The Kier molecular flexibility index (Phi) is 3.11. The number of hydrogen-bond donors (Lipinski definition) is 2. The fourth-order valence-corrected chi connectivity index (χ4v) is 1.10. The van der Waals surface area contributed by atoms with Gasteiger partial charge in [-0.15, -0.1) is 0 Å². The Morgan fingerprint density at radius 2 is 2.31 bits per heavy atom. The molecule has 0 aromatic heterocycles. The number of primary amides is 1. The molecule has 0 radical (unpaired) electrons. The summed E-state index contributed by atoms with van der Waals surface area (Å²) in [6.45, 7) is 0.0376. The zero-order valence-electron chi connectivity index (χ0n) is 6.77. The molecule has 0 spiro atoms. The highest BCUT2D eigenvalue weighted by molar-refractivity contribution is 6.30. The summed E-state index contributed by atoms with van der Waals surface area (Å²) in [5.74, 6) is 0. The average molecular weight is 201 g/mol. The first-order valence-corrected chi connectivity index (χ1v) is 3.97. The average Bonchev–Trinajstić information content (AvgIpc) is 2.04. The summed E-state index contributed by atoms with van der Waals surface area (Å²) in [7, 11) is 0. The Balaban J connectivity index is 2.69. The fraction of sp³-hybridized carbons (Fsp3) is 0.125. The Bertz CT molecular complexity index is 317. The van der Waals surface area contributed by atoms with E-state index in [2.05, 4.69) is 0 Å². The second kappa shape index (κ2) is 4.11. The van der Waals surface area contributed by atoms with Crippen LogP contribution in [-0.4, -0.2) is 16.3 Å². The van der Waals surface area contributed by atoms with Crippen LogP contribution in [0, 0.1) is 0 Å². The molecule has 0 aliphatic carbocycles. The van der Waals surface area contributed by atoms with Crippen molar-refractivity contribution in [3.63, 3.8) is 0 Å². The van der Waals surface area contributed by atoms with Crippen LogP contribution in [-0.2, 0) is 6.54 Å². The third kappa shape index (κ3) is 2.93. The van der Waals surface area contributed by atoms with E-state index in [9.17, 15) is 4.79 Å². The van der Waals surface area contributed by atoms with Crippen molar-refractivity contribution in [2.45, 2.75) is 6.54 Å². The van der Waals surface area contributed by atoms with Crippen molar-refractivity contribution in [1.82, 2.24) is 5.06 Å². The van der Waals surface area contributed by atoms with Gasteiger partial charge in [-0.2, -0.15) is 0 Å². The second-order valence-corrected chi connectivity index (χ2v) is 2.96. The smallest absolute Gasteiger partial charge is 0.338 e. The molecule has 1 aromatic carbocycles. The topological polar surface area (TPSA) is 66.6 Å². The van der Waals surface area contributed by atoms with E-state index in [-0.39, 0.29) is 6.54 Å². The number of amides is 2. The molecule has 2 amide bonds. The summed E-state index contributed by atoms with van der Waals surface area (Å²) in [6, 6.07) is 5.93. The Morgan fingerprint density at radius 1 is 1.62 bits per heavy atom. The van der Waals surface area contributed by atoms with Crippen LogP contribution in [0.4, 0.5) is 4.79 Å². The van der Waals surface area contributed by atoms with Crippen molar-refractivity contribution in [3.05, 3.63) is 34.9 Å². The van der Waals surface area contributed by atoms with Crippen LogP contribution in [0.3, 0.4) is 0 Å². The van der Waals surface area contributed by atoms with Crippen molar-refractivity contribution >= 4 is 17.6 Å². The highest BCUT2D eigenvalue weighted by Gasteiger charge is 2.05. The van der Waals surface area contributed by atoms with Gasteiger partial charge in [0.1, 0.15) is 0 Å². The summed E-state index contributed by atoms with van der Waals surface area (Å²) < 4.78 is 0. The predicted octanol–water partition coefficient (Wildman–Crippen LogP) is 1.61. The number of benzene rings is 1. The minimum atomic E-state index is -0.889. The molecular weight excluding hydrogens is 192 g/mol. The molecule has 5 heteroatoms. The van der Waals surface area contributed by atoms with Crippen LogP contribution in [0.15, 0.2) is 24.3 Å². The van der Waals surface area contributed by atoms with E-state index in [1.54, 1.807) is 24.3 Å². The molecule has 0 aliphatic rings. The number of carbonyl (C=O) groups is 1. The van der Waals surface area contributed by atoms with Crippen molar-refractivity contribution in [2.75, 3.05) is 0 Å². The van der Waals surface area contributed by atoms with Crippen molar-refractivity contribution < 1.29 is 10.0 Å². The molecule has 0 bridgehead atoms. The van der Waals surface area contributed by atoms with Gasteiger partial charge in [0.25, 0.3) is 0 Å². The molecule has 1 rings (SSSR count). The molecule has 0 saturated heterocycles. The zero-order chi connectivity index (χ0) is 9.84. The van der Waals surface area contributed by atoms with Gasteiger partial charge in [-0.3, -0.25) is 5.21 Å². The molecule has 0 unspecified atom stereocenters. The number of nitrogens with two attached hydrogens (primary N) is 1. The number of halogens is 1. The summed E-state index contributed by atoms with van der Waals surface area (Å²) in [5, 5.41) is 9.96. The summed E-state index contributed by atoms with van der Waals surface area (Å²) >= 11 is 5.69. The van der Waals surface area contributed by atoms with Gasteiger partial charge in [-0.1, -0.05) is 23.7 Å². The van der Waals surface area contributed by atoms with E-state index < -0.39 is 6.03 Å². The van der Waals surface area contributed by atoms with Crippen molar-refractivity contribution in [1.29, 1.82) is 0 Å². The lowest BCUT2D eigenvalue weighted by Crippen LogP contribution is -2.31. The number of urea groups is 1. The van der Waals surface area contributed by atoms with Crippen LogP contribution in [0.25, 0.3) is 0 Å². The van der Waals surface area contributed by atoms with E-state index in [0.29, 0.717) is 15.6 Å². The minimum absolute atomic E-state index is 0.0376. The number of nitrogens with zero attached hydrogens (tertiary/aromatic N) is 1. The maximum atomic E-state index is 10.5. The summed E-state index contributed by atoms with van der Waals surface area (Å²) in [6.07, 6.45) is 0. The van der Waals surface area contributed by atoms with Crippen LogP contribution in [0.1, 0.15) is 5.56 Å². The summed E-state index contributed by atoms with van der Waals surface area (Å²) in [4.78, 5) is 10.5. The lowest BCUT2D eigenvalue weighted by atomic mass is 10.2. The first kappa shape index (κ1) is 9.83. The molecule has 0 saturated carbocycles.